The maximum Gasteiger partial charge on any atom is 0.269 e. The largest absolute Gasteiger partial charge is 0.370 e. The maximum absolute atomic E-state index is 11.5. The number of nitrogens with zero attached hydrogens (tertiary/aromatic N) is 4. The van der Waals surface area contributed by atoms with E-state index in [1.54, 1.807) is 19.1 Å². The van der Waals surface area contributed by atoms with E-state index in [1.807, 2.05) is 31.2 Å². The summed E-state index contributed by atoms with van der Waals surface area (Å²) in [6.07, 6.45) is 0. The first-order valence-electron chi connectivity index (χ1n) is 8.85. The number of nitro groups is 1. The Morgan fingerprint density at radius 1 is 1.11 bits per heavy atom. The topological polar surface area (TPSA) is 100 Å². The van der Waals surface area contributed by atoms with Crippen LogP contribution >= 0.6 is 0 Å². The molecule has 0 aliphatic heterocycles. The number of amides is 1. The Hall–Kier alpha value is -3.55. The molecule has 0 heterocycles. The lowest BCUT2D eigenvalue weighted by molar-refractivity contribution is -0.384. The van der Waals surface area contributed by atoms with E-state index >= 15 is 0 Å². The van der Waals surface area contributed by atoms with Crippen molar-refractivity contribution in [2.24, 2.45) is 10.2 Å². The fourth-order valence-electron chi connectivity index (χ4n) is 2.41. The lowest BCUT2D eigenvalue weighted by Crippen LogP contribution is -2.35. The van der Waals surface area contributed by atoms with E-state index in [0.29, 0.717) is 30.0 Å². The van der Waals surface area contributed by atoms with Crippen LogP contribution in [0, 0.1) is 10.1 Å². The molecule has 28 heavy (non-hydrogen) atoms. The predicted molar refractivity (Wildman–Crippen MR) is 109 cm³/mol. The molecule has 2 aromatic carbocycles. The summed E-state index contributed by atoms with van der Waals surface area (Å²) >= 11 is 0. The fourth-order valence-corrected chi connectivity index (χ4v) is 2.41. The van der Waals surface area contributed by atoms with Crippen molar-refractivity contribution in [2.45, 2.75) is 13.8 Å². The predicted octanol–water partition coefficient (Wildman–Crippen LogP) is 4.53. The fraction of sp³-hybridized carbons (Fsp3) is 0.250. The molecule has 0 radical (unpaired) electrons. The maximum atomic E-state index is 11.5. The number of carbonyl (C=O) groups excluding carboxylic acids is 1. The molecular formula is C20H23N5O3. The molecule has 0 saturated heterocycles. The molecule has 0 saturated carbocycles. The van der Waals surface area contributed by atoms with E-state index in [2.05, 4.69) is 27.0 Å². The van der Waals surface area contributed by atoms with Gasteiger partial charge in [0, 0.05) is 43.0 Å². The lowest BCUT2D eigenvalue weighted by atomic mass is 10.2. The minimum atomic E-state index is -0.455. The van der Waals surface area contributed by atoms with E-state index < -0.39 is 4.92 Å². The van der Waals surface area contributed by atoms with E-state index in [4.69, 9.17) is 0 Å². The first-order valence-corrected chi connectivity index (χ1v) is 8.85. The molecule has 146 valence electrons. The number of rotatable bonds is 9. The zero-order valence-corrected chi connectivity index (χ0v) is 16.0. The Kier molecular flexibility index (Phi) is 7.38. The Morgan fingerprint density at radius 2 is 1.64 bits per heavy atom. The molecular weight excluding hydrogens is 358 g/mol. The average molecular weight is 381 g/mol. The average Bonchev–Trinajstić information content (AvgIpc) is 2.70. The molecule has 0 bridgehead atoms. The van der Waals surface area contributed by atoms with Crippen molar-refractivity contribution in [2.75, 3.05) is 24.5 Å². The van der Waals surface area contributed by atoms with Crippen LogP contribution in [0.2, 0.25) is 0 Å². The summed E-state index contributed by atoms with van der Waals surface area (Å²) in [5.41, 5.74) is 2.74. The number of carbonyl (C=O) groups is 1. The normalized spacial score (nSPS) is 10.6. The molecule has 2 rings (SSSR count). The van der Waals surface area contributed by atoms with Gasteiger partial charge in [-0.25, -0.2) is 0 Å². The molecule has 0 fully saturated rings. The van der Waals surface area contributed by atoms with Gasteiger partial charge >= 0.3 is 0 Å². The van der Waals surface area contributed by atoms with Crippen LogP contribution in [0.3, 0.4) is 0 Å². The highest BCUT2D eigenvalue weighted by molar-refractivity contribution is 5.92. The van der Waals surface area contributed by atoms with Gasteiger partial charge in [-0.15, -0.1) is 0 Å². The van der Waals surface area contributed by atoms with Gasteiger partial charge in [0.2, 0.25) is 5.91 Å². The second kappa shape index (κ2) is 9.96. The molecule has 2 aromatic rings. The van der Waals surface area contributed by atoms with E-state index in [9.17, 15) is 14.9 Å². The van der Waals surface area contributed by atoms with Crippen molar-refractivity contribution in [1.82, 2.24) is 5.32 Å². The second-order valence-electron chi connectivity index (χ2n) is 6.11. The van der Waals surface area contributed by atoms with E-state index in [0.717, 1.165) is 12.2 Å². The van der Waals surface area contributed by atoms with Gasteiger partial charge < -0.3 is 10.2 Å². The number of nitrogens with one attached hydrogen (secondary N) is 1. The summed E-state index contributed by atoms with van der Waals surface area (Å²) in [6, 6.07) is 13.5. The molecule has 0 spiro atoms. The summed E-state index contributed by atoms with van der Waals surface area (Å²) in [6.45, 7) is 9.35. The third kappa shape index (κ3) is 6.01. The molecule has 1 N–H and O–H groups in total. The standard InChI is InChI=1S/C20H23N5O3/c1-4-24(14-13-21-20(26)15(2)3)18-9-5-16(6-10-18)22-23-17-7-11-19(12-8-17)25(27)28/h5-12H,2,4,13-14H2,1,3H3,(H,21,26). The minimum absolute atomic E-state index is 0.0161. The van der Waals surface area contributed by atoms with Gasteiger partial charge in [0.1, 0.15) is 0 Å². The molecule has 1 amide bonds. The van der Waals surface area contributed by atoms with Gasteiger partial charge in [-0.05, 0) is 50.2 Å². The van der Waals surface area contributed by atoms with Crippen LogP contribution in [0.15, 0.2) is 70.9 Å². The van der Waals surface area contributed by atoms with Crippen LogP contribution in [0.5, 0.6) is 0 Å². The molecule has 0 aromatic heterocycles. The minimum Gasteiger partial charge on any atom is -0.370 e. The number of benzene rings is 2. The zero-order valence-electron chi connectivity index (χ0n) is 16.0. The van der Waals surface area contributed by atoms with Gasteiger partial charge in [-0.2, -0.15) is 10.2 Å². The Balaban J connectivity index is 1.96. The monoisotopic (exact) mass is 381 g/mol. The van der Waals surface area contributed by atoms with Crippen LogP contribution in [-0.2, 0) is 4.79 Å². The van der Waals surface area contributed by atoms with E-state index in [1.165, 1.54) is 12.1 Å². The second-order valence-corrected chi connectivity index (χ2v) is 6.11. The number of likely N-dealkylation sites (N-methyl/N-ethyl adjacent to an activating group) is 1. The highest BCUT2D eigenvalue weighted by atomic mass is 16.6. The third-order valence-corrected chi connectivity index (χ3v) is 3.99. The number of azo groups is 1. The molecule has 8 nitrogen and oxygen atoms in total. The molecule has 0 aliphatic carbocycles. The molecule has 0 aliphatic rings. The van der Waals surface area contributed by atoms with Crippen LogP contribution in [0.25, 0.3) is 0 Å². The van der Waals surface area contributed by atoms with Gasteiger partial charge in [-0.3, -0.25) is 14.9 Å². The quantitative estimate of drug-likeness (QED) is 0.298. The van der Waals surface area contributed by atoms with Gasteiger partial charge in [-0.1, -0.05) is 6.58 Å². The van der Waals surface area contributed by atoms with Crippen molar-refractivity contribution < 1.29 is 9.72 Å². The van der Waals surface area contributed by atoms with Crippen molar-refractivity contribution in [3.05, 3.63) is 70.8 Å². The summed E-state index contributed by atoms with van der Waals surface area (Å²) in [5, 5.41) is 21.7. The first kappa shape index (κ1) is 20.8. The zero-order chi connectivity index (χ0) is 20.5. The van der Waals surface area contributed by atoms with Crippen molar-refractivity contribution in [3.8, 4) is 0 Å². The van der Waals surface area contributed by atoms with Crippen molar-refractivity contribution in [3.63, 3.8) is 0 Å². The Bertz CT molecular complexity index is 860. The van der Waals surface area contributed by atoms with E-state index in [-0.39, 0.29) is 11.6 Å². The Labute approximate surface area is 163 Å². The first-order chi connectivity index (χ1) is 13.4. The van der Waals surface area contributed by atoms with Crippen molar-refractivity contribution in [1.29, 1.82) is 0 Å². The summed E-state index contributed by atoms with van der Waals surface area (Å²) in [5.74, 6) is -0.141. The van der Waals surface area contributed by atoms with Crippen LogP contribution in [0.4, 0.5) is 22.7 Å². The number of hydrogen-bond acceptors (Lipinski definition) is 6. The summed E-state index contributed by atoms with van der Waals surface area (Å²) in [7, 11) is 0. The number of nitro benzene ring substituents is 1. The van der Waals surface area contributed by atoms with Gasteiger partial charge in [0.05, 0.1) is 16.3 Å². The third-order valence-electron chi connectivity index (χ3n) is 3.99. The Morgan fingerprint density at radius 3 is 2.11 bits per heavy atom. The highest BCUT2D eigenvalue weighted by Gasteiger charge is 2.06. The molecule has 0 unspecified atom stereocenters. The number of anilines is 1. The van der Waals surface area contributed by atoms with Crippen molar-refractivity contribution >= 4 is 28.7 Å². The van der Waals surface area contributed by atoms with Crippen LogP contribution in [-0.4, -0.2) is 30.5 Å². The number of hydrogen-bond donors (Lipinski definition) is 1. The highest BCUT2D eigenvalue weighted by Crippen LogP contribution is 2.23. The van der Waals surface area contributed by atoms with Crippen LogP contribution in [0.1, 0.15) is 13.8 Å². The summed E-state index contributed by atoms with van der Waals surface area (Å²) in [4.78, 5) is 23.9. The van der Waals surface area contributed by atoms with Gasteiger partial charge in [0.25, 0.3) is 5.69 Å². The number of non-ortho nitro benzene ring substituents is 1. The molecule has 0 atom stereocenters. The lowest BCUT2D eigenvalue weighted by Gasteiger charge is -2.23. The molecule has 8 heteroatoms. The van der Waals surface area contributed by atoms with Gasteiger partial charge in [0.15, 0.2) is 0 Å². The smallest absolute Gasteiger partial charge is 0.269 e. The SMILES string of the molecule is C=C(C)C(=O)NCCN(CC)c1ccc(N=Nc2ccc([N+](=O)[O-])cc2)cc1. The summed E-state index contributed by atoms with van der Waals surface area (Å²) < 4.78 is 0. The van der Waals surface area contributed by atoms with Crippen LogP contribution < -0.4 is 10.2 Å².